The maximum absolute atomic E-state index is 10.8. The van der Waals surface area contributed by atoms with Crippen LogP contribution in [0.2, 0.25) is 5.15 Å². The number of piperidine rings is 1. The normalized spacial score (nSPS) is 15.8. The topological polar surface area (TPSA) is 169 Å². The number of phosphoric acid groups is 1. The zero-order chi connectivity index (χ0) is 20.2. The number of amides is 1. The van der Waals surface area contributed by atoms with Gasteiger partial charge in [0.2, 0.25) is 0 Å². The number of fused-ring (bicyclic) bond motifs is 1. The number of nitrogens with one attached hydrogen (secondary N) is 1. The van der Waals surface area contributed by atoms with E-state index in [-0.39, 0.29) is 58.4 Å². The monoisotopic (exact) mass is 459 g/mol. The van der Waals surface area contributed by atoms with Crippen molar-refractivity contribution in [2.75, 3.05) is 18.0 Å². The van der Waals surface area contributed by atoms with Crippen LogP contribution in [-0.2, 0) is 4.57 Å². The van der Waals surface area contributed by atoms with Gasteiger partial charge in [-0.3, -0.25) is 0 Å². The van der Waals surface area contributed by atoms with Crippen LogP contribution >= 0.6 is 19.4 Å². The summed E-state index contributed by atoms with van der Waals surface area (Å²) in [5, 5.41) is 11.9. The summed E-state index contributed by atoms with van der Waals surface area (Å²) in [6.45, 7) is 3.37. The first kappa shape index (κ1) is 25.6. The quantitative estimate of drug-likeness (QED) is 0.202. The van der Waals surface area contributed by atoms with E-state index in [1.54, 1.807) is 18.3 Å². The van der Waals surface area contributed by atoms with Crippen LogP contribution in [0, 0.1) is 0 Å². The van der Waals surface area contributed by atoms with Crippen molar-refractivity contribution in [3.63, 3.8) is 0 Å². The maximum Gasteiger partial charge on any atom is 1.00 e. The molecule has 11 nitrogen and oxygen atoms in total. The van der Waals surface area contributed by atoms with Crippen LogP contribution in [0.5, 0.6) is 0 Å². The van der Waals surface area contributed by atoms with Crippen molar-refractivity contribution in [1.82, 2.24) is 20.3 Å². The Balaban J connectivity index is 0.00000101. The fraction of sp³-hybridized carbons (Fsp3) is 0.429. The number of halogens is 1. The molecule has 3 rings (SSSR count). The van der Waals surface area contributed by atoms with E-state index in [1.165, 1.54) is 0 Å². The van der Waals surface area contributed by atoms with Crippen LogP contribution in [-0.4, -0.2) is 59.5 Å². The van der Waals surface area contributed by atoms with E-state index < -0.39 is 13.9 Å². The molecule has 2 aromatic heterocycles. The first-order valence-corrected chi connectivity index (χ1v) is 9.73. The smallest absolute Gasteiger partial charge is 1.00 e. The van der Waals surface area contributed by atoms with E-state index >= 15 is 0 Å². The second-order valence-corrected chi connectivity index (χ2v) is 7.61. The standard InChI is InChI=1S/C14H16ClN5O2.K.H3O4P.H/c1-14(19-13(21)22)4-6-20(7-5-14)11-8-16-12-9(17-11)2-3-10(15)18-12;;1-5(2,3)4;/h2-3,8,19H,4-7H2,1H3,(H,21,22);;(H3,1,2,3,4);/q;+1;;-1. The summed E-state index contributed by atoms with van der Waals surface area (Å²) in [6, 6.07) is 3.48. The fourth-order valence-corrected chi connectivity index (χ4v) is 2.78. The Bertz CT molecular complexity index is 874. The number of nitrogens with zero attached hydrogens (tertiary/aromatic N) is 4. The Labute approximate surface area is 209 Å². The molecular weight excluding hydrogens is 440 g/mol. The molecule has 1 saturated heterocycles. The number of anilines is 1. The minimum absolute atomic E-state index is 0. The molecule has 1 aliphatic heterocycles. The molecule has 0 aliphatic carbocycles. The molecule has 0 saturated carbocycles. The average Bonchev–Trinajstić information content (AvgIpc) is 2.52. The largest absolute Gasteiger partial charge is 1.00 e. The maximum atomic E-state index is 10.8. The molecule has 0 bridgehead atoms. The molecule has 1 aliphatic rings. The van der Waals surface area contributed by atoms with Crippen LogP contribution in [0.4, 0.5) is 10.6 Å². The summed E-state index contributed by atoms with van der Waals surface area (Å²) in [6.07, 6.45) is 2.14. The number of rotatable bonds is 2. The molecule has 0 radical (unpaired) electrons. The minimum Gasteiger partial charge on any atom is -1.00 e. The van der Waals surface area contributed by atoms with Crippen molar-refractivity contribution in [3.05, 3.63) is 23.5 Å². The van der Waals surface area contributed by atoms with Gasteiger partial charge in [-0.1, -0.05) is 11.6 Å². The first-order chi connectivity index (χ1) is 12.5. The van der Waals surface area contributed by atoms with Crippen LogP contribution in [0.1, 0.15) is 21.2 Å². The van der Waals surface area contributed by atoms with Crippen molar-refractivity contribution < 1.29 is 82.0 Å². The average molecular weight is 460 g/mol. The van der Waals surface area contributed by atoms with E-state index in [1.807, 2.05) is 6.92 Å². The molecule has 3 heterocycles. The second-order valence-electron chi connectivity index (χ2n) is 6.20. The van der Waals surface area contributed by atoms with Crippen molar-refractivity contribution in [2.45, 2.75) is 25.3 Å². The third kappa shape index (κ3) is 8.53. The predicted octanol–water partition coefficient (Wildman–Crippen LogP) is -1.51. The zero-order valence-electron chi connectivity index (χ0n) is 16.3. The number of carboxylic acid groups (broad SMARTS) is 1. The van der Waals surface area contributed by atoms with Gasteiger partial charge < -0.3 is 31.4 Å². The number of aromatic nitrogens is 3. The molecule has 150 valence electrons. The third-order valence-corrected chi connectivity index (χ3v) is 4.17. The zero-order valence-corrected chi connectivity index (χ0v) is 20.1. The number of pyridine rings is 1. The summed E-state index contributed by atoms with van der Waals surface area (Å²) in [4.78, 5) is 47.5. The van der Waals surface area contributed by atoms with E-state index in [4.69, 9.17) is 36.0 Å². The van der Waals surface area contributed by atoms with E-state index in [2.05, 4.69) is 25.2 Å². The summed E-state index contributed by atoms with van der Waals surface area (Å²) in [7, 11) is -4.64. The Morgan fingerprint density at radius 2 is 1.86 bits per heavy atom. The predicted molar refractivity (Wildman–Crippen MR) is 98.7 cm³/mol. The molecule has 5 N–H and O–H groups in total. The van der Waals surface area contributed by atoms with Crippen LogP contribution in [0.3, 0.4) is 0 Å². The number of hydrogen-bond acceptors (Lipinski definition) is 6. The van der Waals surface area contributed by atoms with Gasteiger partial charge in [0, 0.05) is 18.6 Å². The van der Waals surface area contributed by atoms with E-state index in [0.717, 1.165) is 31.7 Å². The van der Waals surface area contributed by atoms with Gasteiger partial charge in [0.1, 0.15) is 16.5 Å². The molecule has 28 heavy (non-hydrogen) atoms. The third-order valence-electron chi connectivity index (χ3n) is 3.96. The molecular formula is C14H20ClKN5O6P. The summed E-state index contributed by atoms with van der Waals surface area (Å²) < 4.78 is 8.88. The van der Waals surface area contributed by atoms with Gasteiger partial charge in [-0.05, 0) is 31.9 Å². The van der Waals surface area contributed by atoms with E-state index in [9.17, 15) is 4.79 Å². The molecule has 14 heteroatoms. The van der Waals surface area contributed by atoms with Crippen LogP contribution in [0.15, 0.2) is 18.3 Å². The Hall–Kier alpha value is -0.404. The fourth-order valence-electron chi connectivity index (χ4n) is 2.64. The van der Waals surface area contributed by atoms with Gasteiger partial charge in [0.25, 0.3) is 0 Å². The van der Waals surface area contributed by atoms with Gasteiger partial charge in [-0.25, -0.2) is 24.3 Å². The van der Waals surface area contributed by atoms with Crippen molar-refractivity contribution in [3.8, 4) is 0 Å². The molecule has 1 amide bonds. The Kier molecular flexibility index (Phi) is 9.68. The van der Waals surface area contributed by atoms with E-state index in [0.29, 0.717) is 16.3 Å². The van der Waals surface area contributed by atoms with Gasteiger partial charge in [-0.2, -0.15) is 0 Å². The molecule has 0 spiro atoms. The van der Waals surface area contributed by atoms with Crippen molar-refractivity contribution in [1.29, 1.82) is 0 Å². The van der Waals surface area contributed by atoms with Gasteiger partial charge in [0.15, 0.2) is 5.65 Å². The Morgan fingerprint density at radius 1 is 1.29 bits per heavy atom. The van der Waals surface area contributed by atoms with Gasteiger partial charge in [0.05, 0.1) is 6.20 Å². The van der Waals surface area contributed by atoms with Crippen LogP contribution < -0.4 is 61.6 Å². The SMILES string of the molecule is CC1(NC(=O)O)CCN(c2cnc3nc(Cl)ccc3n2)CC1.O=P(O)(O)O.[H-].[K+]. The first-order valence-electron chi connectivity index (χ1n) is 7.79. The van der Waals surface area contributed by atoms with Crippen molar-refractivity contribution >= 4 is 42.5 Å². The summed E-state index contributed by atoms with van der Waals surface area (Å²) in [5.41, 5.74) is 0.825. The summed E-state index contributed by atoms with van der Waals surface area (Å²) in [5.74, 6) is 0.772. The molecule has 1 fully saturated rings. The summed E-state index contributed by atoms with van der Waals surface area (Å²) >= 11 is 5.84. The van der Waals surface area contributed by atoms with Gasteiger partial charge in [-0.15, -0.1) is 0 Å². The number of carbonyl (C=O) groups is 1. The second kappa shape index (κ2) is 10.6. The molecule has 2 aromatic rings. The minimum atomic E-state index is -4.64. The van der Waals surface area contributed by atoms with Crippen molar-refractivity contribution in [2.24, 2.45) is 0 Å². The molecule has 0 atom stereocenters. The number of hydrogen-bond donors (Lipinski definition) is 5. The molecule has 0 unspecified atom stereocenters. The Morgan fingerprint density at radius 3 is 2.39 bits per heavy atom. The van der Waals surface area contributed by atoms with Gasteiger partial charge >= 0.3 is 65.3 Å². The van der Waals surface area contributed by atoms with Crippen LogP contribution in [0.25, 0.3) is 11.2 Å². The molecule has 0 aromatic carbocycles.